The second-order valence-corrected chi connectivity index (χ2v) is 7.19. The quantitative estimate of drug-likeness (QED) is 0.652. The van der Waals surface area contributed by atoms with Crippen LogP contribution in [-0.2, 0) is 0 Å². The van der Waals surface area contributed by atoms with Crippen LogP contribution in [0.2, 0.25) is 5.02 Å². The lowest BCUT2D eigenvalue weighted by atomic mass is 9.97. The summed E-state index contributed by atoms with van der Waals surface area (Å²) in [5, 5.41) is 0.561. The number of halogens is 3. The van der Waals surface area contributed by atoms with Crippen LogP contribution in [0.3, 0.4) is 0 Å². The smallest absolute Gasteiger partial charge is 0.387 e. The predicted molar refractivity (Wildman–Crippen MR) is 95.4 cm³/mol. The summed E-state index contributed by atoms with van der Waals surface area (Å²) in [5.41, 5.74) is 2.40. The first kappa shape index (κ1) is 16.5. The van der Waals surface area contributed by atoms with Crippen molar-refractivity contribution in [2.45, 2.75) is 25.1 Å². The summed E-state index contributed by atoms with van der Waals surface area (Å²) in [6.45, 7) is -2.97. The lowest BCUT2D eigenvalue weighted by Gasteiger charge is -2.24. The number of ether oxygens (including phenoxy) is 1. The Hall–Kier alpha value is -2.67. The maximum absolute atomic E-state index is 13.0. The van der Waals surface area contributed by atoms with Gasteiger partial charge in [0, 0.05) is 29.6 Å². The first-order valence-electron chi connectivity index (χ1n) is 8.48. The van der Waals surface area contributed by atoms with Crippen LogP contribution in [0.25, 0.3) is 11.0 Å². The average molecular weight is 390 g/mol. The zero-order chi connectivity index (χ0) is 18.9. The number of carbonyl (C=O) groups is 1. The van der Waals surface area contributed by atoms with Crippen LogP contribution in [0.15, 0.2) is 36.4 Å². The molecule has 2 aliphatic rings. The van der Waals surface area contributed by atoms with Crippen LogP contribution in [0.5, 0.6) is 5.75 Å². The zero-order valence-electron chi connectivity index (χ0n) is 14.2. The first-order valence-corrected chi connectivity index (χ1v) is 8.85. The fraction of sp³-hybridized carbons (Fsp3) is 0.263. The number of amides is 1. The number of fused-ring (bicyclic) bond motifs is 9. The molecule has 0 N–H and O–H groups in total. The molecule has 3 aromatic rings. The van der Waals surface area contributed by atoms with Gasteiger partial charge in [0.25, 0.3) is 5.91 Å². The number of alkyl halides is 2. The molecule has 138 valence electrons. The summed E-state index contributed by atoms with van der Waals surface area (Å²) in [6, 6.07) is 9.48. The highest BCUT2D eigenvalue weighted by molar-refractivity contribution is 6.31. The van der Waals surface area contributed by atoms with Crippen molar-refractivity contribution >= 4 is 28.5 Å². The van der Waals surface area contributed by atoms with Crippen molar-refractivity contribution in [3.05, 3.63) is 58.4 Å². The summed E-state index contributed by atoms with van der Waals surface area (Å²) in [7, 11) is 1.71. The van der Waals surface area contributed by atoms with Crippen molar-refractivity contribution in [1.29, 1.82) is 0 Å². The molecule has 0 aliphatic carbocycles. The minimum atomic E-state index is -2.97. The van der Waals surface area contributed by atoms with Crippen molar-refractivity contribution in [2.75, 3.05) is 7.05 Å². The Kier molecular flexibility index (Phi) is 3.46. The summed E-state index contributed by atoms with van der Waals surface area (Å²) >= 11 is 6.18. The highest BCUT2D eigenvalue weighted by Gasteiger charge is 2.44. The molecule has 27 heavy (non-hydrogen) atoms. The molecule has 5 rings (SSSR count). The van der Waals surface area contributed by atoms with E-state index in [-0.39, 0.29) is 23.7 Å². The third-order valence-corrected chi connectivity index (χ3v) is 5.60. The Morgan fingerprint density at radius 1 is 1.26 bits per heavy atom. The standard InChI is InChI=1S/C19H14ClF2N3O2/c1-24-14-8-13(25-12-7-9(20)5-6-11(12)23-17(14)25)16-10(18(24)26)3-2-4-15(16)27-19(21)22/h2-7,13-14,19H,8H2,1H3/t13-,14-/m0/s1. The molecule has 3 heterocycles. The molecule has 2 atom stereocenters. The van der Waals surface area contributed by atoms with Gasteiger partial charge in [0.1, 0.15) is 11.6 Å². The van der Waals surface area contributed by atoms with E-state index in [0.29, 0.717) is 22.6 Å². The van der Waals surface area contributed by atoms with Crippen LogP contribution in [-0.4, -0.2) is 34.0 Å². The fourth-order valence-corrected chi connectivity index (χ4v) is 4.42. The molecular formula is C19H14ClF2N3O2. The van der Waals surface area contributed by atoms with Gasteiger partial charge in [-0.1, -0.05) is 17.7 Å². The van der Waals surface area contributed by atoms with Crippen LogP contribution in [0, 0.1) is 0 Å². The van der Waals surface area contributed by atoms with Crippen LogP contribution in [0.4, 0.5) is 8.78 Å². The van der Waals surface area contributed by atoms with Crippen molar-refractivity contribution in [1.82, 2.24) is 14.5 Å². The Morgan fingerprint density at radius 2 is 2.07 bits per heavy atom. The van der Waals surface area contributed by atoms with E-state index in [0.717, 1.165) is 16.9 Å². The lowest BCUT2D eigenvalue weighted by molar-refractivity contribution is -0.0507. The van der Waals surface area contributed by atoms with E-state index in [9.17, 15) is 13.6 Å². The van der Waals surface area contributed by atoms with E-state index in [4.69, 9.17) is 16.3 Å². The maximum Gasteiger partial charge on any atom is 0.387 e. The monoisotopic (exact) mass is 389 g/mol. The maximum atomic E-state index is 13.0. The molecule has 2 aromatic carbocycles. The second-order valence-electron chi connectivity index (χ2n) is 6.75. The number of nitrogens with zero attached hydrogens (tertiary/aromatic N) is 3. The SMILES string of the molecule is CN1C(=O)c2cccc(OC(F)F)c2[C@@H]2C[C@H]1c1nc3ccc(Cl)cc3n12. The van der Waals surface area contributed by atoms with Gasteiger partial charge in [0.15, 0.2) is 0 Å². The van der Waals surface area contributed by atoms with Crippen LogP contribution < -0.4 is 4.74 Å². The second kappa shape index (κ2) is 5.66. The molecule has 0 fully saturated rings. The molecule has 1 aromatic heterocycles. The minimum Gasteiger partial charge on any atom is -0.434 e. The van der Waals surface area contributed by atoms with Crippen LogP contribution in [0.1, 0.15) is 40.3 Å². The topological polar surface area (TPSA) is 47.4 Å². The largest absolute Gasteiger partial charge is 0.434 e. The summed E-state index contributed by atoms with van der Waals surface area (Å²) < 4.78 is 32.7. The number of rotatable bonds is 2. The molecule has 2 aliphatic heterocycles. The van der Waals surface area contributed by atoms with E-state index >= 15 is 0 Å². The summed E-state index contributed by atoms with van der Waals surface area (Å²) in [4.78, 5) is 19.3. The lowest BCUT2D eigenvalue weighted by Crippen LogP contribution is -2.30. The number of hydrogen-bond donors (Lipinski definition) is 0. The molecular weight excluding hydrogens is 376 g/mol. The number of carbonyl (C=O) groups excluding carboxylic acids is 1. The Balaban J connectivity index is 1.82. The zero-order valence-corrected chi connectivity index (χ0v) is 15.0. The molecule has 1 amide bonds. The number of aromatic nitrogens is 2. The van der Waals surface area contributed by atoms with Gasteiger partial charge in [-0.05, 0) is 30.3 Å². The first-order chi connectivity index (χ1) is 13.0. The molecule has 0 saturated heterocycles. The van der Waals surface area contributed by atoms with Gasteiger partial charge in [-0.25, -0.2) is 4.98 Å². The van der Waals surface area contributed by atoms with Gasteiger partial charge in [0.05, 0.1) is 23.1 Å². The van der Waals surface area contributed by atoms with Crippen molar-refractivity contribution < 1.29 is 18.3 Å². The van der Waals surface area contributed by atoms with Gasteiger partial charge < -0.3 is 14.2 Å². The number of hydrogen-bond acceptors (Lipinski definition) is 3. The Bertz CT molecular complexity index is 1100. The third-order valence-electron chi connectivity index (χ3n) is 5.37. The van der Waals surface area contributed by atoms with Crippen molar-refractivity contribution in [3.8, 4) is 5.75 Å². The van der Waals surface area contributed by atoms with Gasteiger partial charge >= 0.3 is 6.61 Å². The molecule has 2 bridgehead atoms. The van der Waals surface area contributed by atoms with Gasteiger partial charge in [-0.2, -0.15) is 8.78 Å². The number of imidazole rings is 1. The molecule has 0 unspecified atom stereocenters. The highest BCUT2D eigenvalue weighted by Crippen LogP contribution is 2.50. The van der Waals surface area contributed by atoms with Crippen molar-refractivity contribution in [3.63, 3.8) is 0 Å². The fourth-order valence-electron chi connectivity index (χ4n) is 4.25. The highest BCUT2D eigenvalue weighted by atomic mass is 35.5. The van der Waals surface area contributed by atoms with Gasteiger partial charge in [0.2, 0.25) is 0 Å². The molecule has 0 spiro atoms. The van der Waals surface area contributed by atoms with E-state index < -0.39 is 6.61 Å². The molecule has 0 radical (unpaired) electrons. The molecule has 5 nitrogen and oxygen atoms in total. The van der Waals surface area contributed by atoms with E-state index in [1.165, 1.54) is 6.07 Å². The normalized spacial score (nSPS) is 20.8. The Labute approximate surface area is 158 Å². The van der Waals surface area contributed by atoms with E-state index in [2.05, 4.69) is 4.98 Å². The van der Waals surface area contributed by atoms with Gasteiger partial charge in [-0.15, -0.1) is 0 Å². The summed E-state index contributed by atoms with van der Waals surface area (Å²) in [6.07, 6.45) is 0.545. The van der Waals surface area contributed by atoms with Crippen LogP contribution >= 0.6 is 11.6 Å². The number of benzene rings is 2. The predicted octanol–water partition coefficient (Wildman–Crippen LogP) is 4.41. The van der Waals surface area contributed by atoms with Gasteiger partial charge in [-0.3, -0.25) is 4.79 Å². The van der Waals surface area contributed by atoms with Crippen molar-refractivity contribution in [2.24, 2.45) is 0 Å². The minimum absolute atomic E-state index is 0.0200. The summed E-state index contributed by atoms with van der Waals surface area (Å²) in [5.74, 6) is 0.519. The molecule has 0 saturated carbocycles. The van der Waals surface area contributed by atoms with E-state index in [1.54, 1.807) is 30.1 Å². The third kappa shape index (κ3) is 2.27. The van der Waals surface area contributed by atoms with E-state index in [1.807, 2.05) is 16.7 Å². The average Bonchev–Trinajstić information content (AvgIpc) is 3.14. The Morgan fingerprint density at radius 3 is 2.85 bits per heavy atom. The molecule has 8 heteroatoms.